The van der Waals surface area contributed by atoms with Crippen LogP contribution < -0.4 is 0 Å². The quantitative estimate of drug-likeness (QED) is 0.438. The molecule has 5 rings (SSSR count). The van der Waals surface area contributed by atoms with Gasteiger partial charge in [0.05, 0.1) is 6.10 Å². The van der Waals surface area contributed by atoms with Gasteiger partial charge in [0.1, 0.15) is 5.78 Å². The zero-order valence-electron chi connectivity index (χ0n) is 21.9. The molecule has 1 N–H and O–H groups in total. The summed E-state index contributed by atoms with van der Waals surface area (Å²) >= 11 is 0. The minimum Gasteiger partial charge on any atom is -0.393 e. The topological polar surface area (TPSA) is 37.3 Å². The summed E-state index contributed by atoms with van der Waals surface area (Å²) in [7, 11) is 0. The summed E-state index contributed by atoms with van der Waals surface area (Å²) in [6, 6.07) is 0. The van der Waals surface area contributed by atoms with Crippen molar-refractivity contribution < 1.29 is 9.90 Å². The van der Waals surface area contributed by atoms with E-state index in [0.29, 0.717) is 35.4 Å². The molecule has 180 valence electrons. The molecule has 10 atom stereocenters. The Morgan fingerprint density at radius 1 is 0.875 bits per heavy atom. The predicted molar refractivity (Wildman–Crippen MR) is 131 cm³/mol. The van der Waals surface area contributed by atoms with E-state index in [1.54, 1.807) is 0 Å². The summed E-state index contributed by atoms with van der Waals surface area (Å²) < 4.78 is 0. The fourth-order valence-corrected chi connectivity index (χ4v) is 11.3. The maximum atomic E-state index is 12.9. The number of Topliss-reactive ketones (excluding diaryl/α,β-unsaturated/α-hetero) is 1. The van der Waals surface area contributed by atoms with Crippen molar-refractivity contribution in [1.29, 1.82) is 0 Å². The average molecular weight is 441 g/mol. The molecule has 5 saturated carbocycles. The van der Waals surface area contributed by atoms with Crippen LogP contribution in [0.1, 0.15) is 106 Å². The lowest BCUT2D eigenvalue weighted by Crippen LogP contribution is -2.67. The second-order valence-corrected chi connectivity index (χ2v) is 14.6. The Balaban J connectivity index is 1.58. The third-order valence-electron chi connectivity index (χ3n) is 13.3. The monoisotopic (exact) mass is 440 g/mol. The van der Waals surface area contributed by atoms with Crippen molar-refractivity contribution in [2.45, 2.75) is 112 Å². The lowest BCUT2D eigenvalue weighted by molar-refractivity contribution is -0.250. The van der Waals surface area contributed by atoms with Gasteiger partial charge in [-0.05, 0) is 110 Å². The molecule has 0 radical (unpaired) electrons. The Bertz CT molecular complexity index is 842. The molecule has 0 saturated heterocycles. The number of carbonyl (C=O) groups is 1. The number of hydrogen-bond donors (Lipinski definition) is 1. The van der Waals surface area contributed by atoms with E-state index < -0.39 is 0 Å². The first-order valence-corrected chi connectivity index (χ1v) is 13.6. The number of rotatable bonds is 1. The van der Waals surface area contributed by atoms with Gasteiger partial charge in [-0.2, -0.15) is 0 Å². The number of allylic oxidation sites excluding steroid dienone is 1. The van der Waals surface area contributed by atoms with Gasteiger partial charge in [0.25, 0.3) is 0 Å². The Morgan fingerprint density at radius 2 is 1.56 bits per heavy atom. The smallest absolute Gasteiger partial charge is 0.138 e. The molecule has 0 spiro atoms. The van der Waals surface area contributed by atoms with Gasteiger partial charge in [-0.1, -0.05) is 53.7 Å². The summed E-state index contributed by atoms with van der Waals surface area (Å²) in [4.78, 5) is 12.9. The molecule has 5 aliphatic rings. The number of ketones is 1. The highest BCUT2D eigenvalue weighted by molar-refractivity contribution is 5.85. The van der Waals surface area contributed by atoms with Gasteiger partial charge in [-0.3, -0.25) is 4.79 Å². The minimum atomic E-state index is -0.205. The third kappa shape index (κ3) is 2.55. The molecule has 0 bridgehead atoms. The van der Waals surface area contributed by atoms with Crippen LogP contribution in [0.25, 0.3) is 0 Å². The highest BCUT2D eigenvalue weighted by Crippen LogP contribution is 2.77. The number of aliphatic hydroxyl groups is 1. The zero-order valence-corrected chi connectivity index (χ0v) is 21.9. The van der Waals surface area contributed by atoms with Crippen LogP contribution in [0.2, 0.25) is 0 Å². The molecule has 0 unspecified atom stereocenters. The van der Waals surface area contributed by atoms with Gasteiger partial charge in [0.15, 0.2) is 0 Å². The van der Waals surface area contributed by atoms with Crippen molar-refractivity contribution >= 4 is 5.78 Å². The Kier molecular flexibility index (Phi) is 4.87. The maximum absolute atomic E-state index is 12.9. The Hall–Kier alpha value is -0.630. The molecule has 2 heteroatoms. The van der Waals surface area contributed by atoms with Gasteiger partial charge >= 0.3 is 0 Å². The first-order chi connectivity index (χ1) is 14.7. The van der Waals surface area contributed by atoms with Crippen molar-refractivity contribution in [3.8, 4) is 0 Å². The normalized spacial score (nSPS) is 56.6. The standard InChI is InChI=1S/C30H48O2/c1-18(2)19-11-14-28(6)24(32)17-30(8)20(25(19)28)9-10-22-27(5)15-13-23(31)26(3,4)21(27)12-16-29(22,30)7/h19-22,24-25,32H,1,9-17H2,2-8H3/t19-,20+,21-,22+,24-,25+,27-,28+,29+,30+/m0/s1. The van der Waals surface area contributed by atoms with E-state index in [9.17, 15) is 9.90 Å². The first kappa shape index (κ1) is 23.1. The molecule has 5 aliphatic carbocycles. The lowest BCUT2D eigenvalue weighted by Gasteiger charge is -2.72. The van der Waals surface area contributed by atoms with Gasteiger partial charge in [-0.15, -0.1) is 0 Å². The molecule has 32 heavy (non-hydrogen) atoms. The molecule has 0 aromatic heterocycles. The Labute approximate surface area is 197 Å². The summed E-state index contributed by atoms with van der Waals surface area (Å²) in [5.41, 5.74) is 1.85. The van der Waals surface area contributed by atoms with Crippen molar-refractivity contribution in [2.75, 3.05) is 0 Å². The third-order valence-corrected chi connectivity index (χ3v) is 13.3. The molecule has 5 fully saturated rings. The minimum absolute atomic E-state index is 0.0529. The van der Waals surface area contributed by atoms with Crippen molar-refractivity contribution in [3.05, 3.63) is 12.2 Å². The summed E-state index contributed by atoms with van der Waals surface area (Å²) in [5.74, 6) is 3.47. The molecule has 2 nitrogen and oxygen atoms in total. The van der Waals surface area contributed by atoms with Crippen LogP contribution in [-0.4, -0.2) is 17.0 Å². The van der Waals surface area contributed by atoms with Crippen molar-refractivity contribution in [1.82, 2.24) is 0 Å². The molecular weight excluding hydrogens is 392 g/mol. The maximum Gasteiger partial charge on any atom is 0.138 e. The average Bonchev–Trinajstić information content (AvgIpc) is 3.05. The van der Waals surface area contributed by atoms with Crippen LogP contribution in [0.3, 0.4) is 0 Å². The van der Waals surface area contributed by atoms with Crippen molar-refractivity contribution in [3.63, 3.8) is 0 Å². The van der Waals surface area contributed by atoms with Crippen LogP contribution in [-0.2, 0) is 4.79 Å². The van der Waals surface area contributed by atoms with Crippen molar-refractivity contribution in [2.24, 2.45) is 56.7 Å². The largest absolute Gasteiger partial charge is 0.393 e. The highest BCUT2D eigenvalue weighted by atomic mass is 16.3. The van der Waals surface area contributed by atoms with Gasteiger partial charge < -0.3 is 5.11 Å². The molecule has 0 aliphatic heterocycles. The van der Waals surface area contributed by atoms with Crippen LogP contribution in [0.4, 0.5) is 0 Å². The van der Waals surface area contributed by atoms with Crippen LogP contribution in [0, 0.1) is 56.7 Å². The van der Waals surface area contributed by atoms with Gasteiger partial charge in [0, 0.05) is 11.8 Å². The van der Waals surface area contributed by atoms with E-state index in [1.165, 1.54) is 37.7 Å². The summed E-state index contributed by atoms with van der Waals surface area (Å²) in [6.07, 6.45) is 9.93. The number of fused-ring (bicyclic) bond motifs is 7. The van der Waals surface area contributed by atoms with Crippen LogP contribution >= 0.6 is 0 Å². The van der Waals surface area contributed by atoms with Gasteiger partial charge in [-0.25, -0.2) is 0 Å². The van der Waals surface area contributed by atoms with E-state index in [-0.39, 0.29) is 33.2 Å². The van der Waals surface area contributed by atoms with E-state index >= 15 is 0 Å². The van der Waals surface area contributed by atoms with Gasteiger partial charge in [0.2, 0.25) is 0 Å². The van der Waals surface area contributed by atoms with Crippen LogP contribution in [0.15, 0.2) is 12.2 Å². The van der Waals surface area contributed by atoms with E-state index in [1.807, 2.05) is 0 Å². The second kappa shape index (κ2) is 6.73. The first-order valence-electron chi connectivity index (χ1n) is 13.6. The fourth-order valence-electron chi connectivity index (χ4n) is 11.3. The SMILES string of the molecule is C=C(C)[C@@H]1CC[C@@]2(C)[C@H]1[C@H]1CC[C@@H]3[C@@]4(C)CCC(=O)C(C)(C)[C@@H]4CC[C@@]3(C)[C@]1(C)C[C@@H]2O. The molecule has 0 aromatic carbocycles. The van der Waals surface area contributed by atoms with E-state index in [0.717, 1.165) is 25.7 Å². The van der Waals surface area contributed by atoms with E-state index in [2.05, 4.69) is 55.0 Å². The predicted octanol–water partition coefficient (Wildman–Crippen LogP) is 7.20. The molecular formula is C30H48O2. The molecule has 0 aromatic rings. The zero-order chi connectivity index (χ0) is 23.5. The summed E-state index contributed by atoms with van der Waals surface area (Å²) in [6.45, 7) is 21.2. The number of carbonyl (C=O) groups excluding carboxylic acids is 1. The second-order valence-electron chi connectivity index (χ2n) is 14.6. The Morgan fingerprint density at radius 3 is 2.22 bits per heavy atom. The number of aliphatic hydroxyl groups excluding tert-OH is 1. The lowest BCUT2D eigenvalue weighted by atomic mass is 9.32. The molecule has 0 amide bonds. The number of hydrogen-bond acceptors (Lipinski definition) is 2. The van der Waals surface area contributed by atoms with E-state index in [4.69, 9.17) is 0 Å². The summed E-state index contributed by atoms with van der Waals surface area (Å²) in [5, 5.41) is 11.7. The highest BCUT2D eigenvalue weighted by Gasteiger charge is 2.71. The molecule has 0 heterocycles. The fraction of sp³-hybridized carbons (Fsp3) is 0.900. The van der Waals surface area contributed by atoms with Crippen LogP contribution in [0.5, 0.6) is 0 Å².